The van der Waals surface area contributed by atoms with Gasteiger partial charge in [0.05, 0.1) is 11.7 Å². The minimum atomic E-state index is -0.203. The minimum absolute atomic E-state index is 0.121. The van der Waals surface area contributed by atoms with Crippen LogP contribution in [-0.2, 0) is 0 Å². The third kappa shape index (κ3) is 5.10. The number of rotatable bonds is 5. The van der Waals surface area contributed by atoms with E-state index in [0.29, 0.717) is 6.54 Å². The van der Waals surface area contributed by atoms with Crippen LogP contribution in [0.3, 0.4) is 0 Å². The Morgan fingerprint density at radius 1 is 1.19 bits per heavy atom. The summed E-state index contributed by atoms with van der Waals surface area (Å²) in [7, 11) is 0. The first-order valence-corrected chi connectivity index (χ1v) is 6.92. The van der Waals surface area contributed by atoms with Crippen LogP contribution < -0.4 is 10.6 Å². The molecule has 0 aliphatic heterocycles. The fraction of sp³-hybridized carbons (Fsp3) is 0.176. The van der Waals surface area contributed by atoms with Gasteiger partial charge in [0, 0.05) is 12.7 Å². The molecule has 21 heavy (non-hydrogen) atoms. The first kappa shape index (κ1) is 14.8. The van der Waals surface area contributed by atoms with Crippen molar-refractivity contribution in [3.05, 3.63) is 72.1 Å². The monoisotopic (exact) mass is 281 g/mol. The van der Waals surface area contributed by atoms with Crippen LogP contribution in [0.25, 0.3) is 6.08 Å². The van der Waals surface area contributed by atoms with Crippen LogP contribution in [0.4, 0.5) is 4.79 Å². The first-order chi connectivity index (χ1) is 10.3. The van der Waals surface area contributed by atoms with Gasteiger partial charge in [-0.25, -0.2) is 4.79 Å². The number of urea groups is 1. The van der Waals surface area contributed by atoms with Crippen molar-refractivity contribution in [2.45, 2.75) is 13.0 Å². The average Bonchev–Trinajstić information content (AvgIpc) is 2.53. The Bertz CT molecular complexity index is 581. The Balaban J connectivity index is 1.74. The summed E-state index contributed by atoms with van der Waals surface area (Å²) in [6.07, 6.45) is 5.61. The topological polar surface area (TPSA) is 54.0 Å². The molecule has 2 rings (SSSR count). The molecule has 2 amide bonds. The fourth-order valence-electron chi connectivity index (χ4n) is 1.86. The highest BCUT2D eigenvalue weighted by Gasteiger charge is 2.08. The van der Waals surface area contributed by atoms with E-state index in [4.69, 9.17) is 0 Å². The fourth-order valence-corrected chi connectivity index (χ4v) is 1.86. The number of carbonyl (C=O) groups excluding carboxylic acids is 1. The Morgan fingerprint density at radius 3 is 2.67 bits per heavy atom. The maximum absolute atomic E-state index is 11.8. The van der Waals surface area contributed by atoms with E-state index in [1.807, 2.05) is 67.6 Å². The third-order valence-corrected chi connectivity index (χ3v) is 2.97. The number of benzene rings is 1. The molecule has 1 aromatic heterocycles. The zero-order chi connectivity index (χ0) is 14.9. The summed E-state index contributed by atoms with van der Waals surface area (Å²) in [5.41, 5.74) is 1.95. The van der Waals surface area contributed by atoms with Gasteiger partial charge in [-0.2, -0.15) is 0 Å². The summed E-state index contributed by atoms with van der Waals surface area (Å²) in [5, 5.41) is 5.64. The zero-order valence-electron chi connectivity index (χ0n) is 12.0. The molecule has 0 fully saturated rings. The molecule has 0 saturated heterocycles. The number of pyridine rings is 1. The lowest BCUT2D eigenvalue weighted by Crippen LogP contribution is -2.37. The van der Waals surface area contributed by atoms with E-state index >= 15 is 0 Å². The van der Waals surface area contributed by atoms with Crippen LogP contribution in [0.1, 0.15) is 24.2 Å². The van der Waals surface area contributed by atoms with Gasteiger partial charge in [-0.05, 0) is 24.6 Å². The van der Waals surface area contributed by atoms with E-state index in [2.05, 4.69) is 15.6 Å². The van der Waals surface area contributed by atoms with Crippen LogP contribution >= 0.6 is 0 Å². The van der Waals surface area contributed by atoms with Crippen molar-refractivity contribution in [3.63, 3.8) is 0 Å². The standard InChI is InChI=1S/C17H19N3O/c1-14(16-11-5-6-12-18-16)20-17(21)19-13-7-10-15-8-3-2-4-9-15/h2-12,14H,13H2,1H3,(H2,19,20,21)/b10-7-/t14-/m0/s1. The molecule has 0 radical (unpaired) electrons. The van der Waals surface area contributed by atoms with E-state index in [0.717, 1.165) is 11.3 Å². The second kappa shape index (κ2) is 7.85. The normalized spacial score (nSPS) is 12.0. The molecule has 0 bridgehead atoms. The van der Waals surface area contributed by atoms with Crippen molar-refractivity contribution in [1.29, 1.82) is 0 Å². The van der Waals surface area contributed by atoms with Crippen molar-refractivity contribution in [3.8, 4) is 0 Å². The Kier molecular flexibility index (Phi) is 5.52. The molecule has 2 aromatic rings. The van der Waals surface area contributed by atoms with Crippen molar-refractivity contribution >= 4 is 12.1 Å². The smallest absolute Gasteiger partial charge is 0.315 e. The Morgan fingerprint density at radius 2 is 1.95 bits per heavy atom. The quantitative estimate of drug-likeness (QED) is 0.884. The molecular formula is C17H19N3O. The Hall–Kier alpha value is -2.62. The highest BCUT2D eigenvalue weighted by molar-refractivity contribution is 5.74. The number of nitrogens with one attached hydrogen (secondary N) is 2. The van der Waals surface area contributed by atoms with Crippen molar-refractivity contribution in [2.24, 2.45) is 0 Å². The molecule has 1 atom stereocenters. The molecule has 108 valence electrons. The van der Waals surface area contributed by atoms with Gasteiger partial charge in [0.15, 0.2) is 0 Å². The average molecular weight is 281 g/mol. The second-order valence-electron chi connectivity index (χ2n) is 4.64. The molecule has 0 spiro atoms. The van der Waals surface area contributed by atoms with Gasteiger partial charge in [0.1, 0.15) is 0 Å². The number of nitrogens with zero attached hydrogens (tertiary/aromatic N) is 1. The van der Waals surface area contributed by atoms with E-state index in [-0.39, 0.29) is 12.1 Å². The van der Waals surface area contributed by atoms with E-state index in [1.54, 1.807) is 6.20 Å². The van der Waals surface area contributed by atoms with Gasteiger partial charge in [-0.3, -0.25) is 4.98 Å². The van der Waals surface area contributed by atoms with Gasteiger partial charge in [-0.15, -0.1) is 0 Å². The lowest BCUT2D eigenvalue weighted by atomic mass is 10.2. The number of hydrogen-bond acceptors (Lipinski definition) is 2. The number of aromatic nitrogens is 1. The Labute approximate surface area is 124 Å². The molecule has 0 saturated carbocycles. The largest absolute Gasteiger partial charge is 0.335 e. The summed E-state index contributed by atoms with van der Waals surface area (Å²) in [6.45, 7) is 2.39. The van der Waals surface area contributed by atoms with E-state index < -0.39 is 0 Å². The van der Waals surface area contributed by atoms with Crippen LogP contribution in [0.5, 0.6) is 0 Å². The minimum Gasteiger partial charge on any atom is -0.335 e. The maximum Gasteiger partial charge on any atom is 0.315 e. The van der Waals surface area contributed by atoms with Crippen LogP contribution in [0.15, 0.2) is 60.8 Å². The van der Waals surface area contributed by atoms with Crippen LogP contribution in [0.2, 0.25) is 0 Å². The molecular weight excluding hydrogens is 262 g/mol. The van der Waals surface area contributed by atoms with Crippen molar-refractivity contribution < 1.29 is 4.79 Å². The van der Waals surface area contributed by atoms with Gasteiger partial charge < -0.3 is 10.6 Å². The number of hydrogen-bond donors (Lipinski definition) is 2. The first-order valence-electron chi connectivity index (χ1n) is 6.92. The molecule has 2 N–H and O–H groups in total. The lowest BCUT2D eigenvalue weighted by molar-refractivity contribution is 0.238. The van der Waals surface area contributed by atoms with Gasteiger partial charge in [-0.1, -0.05) is 48.6 Å². The summed E-state index contributed by atoms with van der Waals surface area (Å²) in [4.78, 5) is 16.0. The molecule has 0 aliphatic rings. The maximum atomic E-state index is 11.8. The molecule has 0 aliphatic carbocycles. The van der Waals surface area contributed by atoms with Crippen LogP contribution in [0, 0.1) is 0 Å². The van der Waals surface area contributed by atoms with Crippen molar-refractivity contribution in [1.82, 2.24) is 15.6 Å². The highest BCUT2D eigenvalue weighted by atomic mass is 16.2. The van der Waals surface area contributed by atoms with Gasteiger partial charge in [0.25, 0.3) is 0 Å². The number of amides is 2. The number of carbonyl (C=O) groups is 1. The lowest BCUT2D eigenvalue weighted by Gasteiger charge is -2.13. The summed E-state index contributed by atoms with van der Waals surface area (Å²) >= 11 is 0. The van der Waals surface area contributed by atoms with Gasteiger partial charge in [0.2, 0.25) is 0 Å². The van der Waals surface area contributed by atoms with Gasteiger partial charge >= 0.3 is 6.03 Å². The summed E-state index contributed by atoms with van der Waals surface area (Å²) in [6, 6.07) is 15.3. The highest BCUT2D eigenvalue weighted by Crippen LogP contribution is 2.07. The zero-order valence-corrected chi connectivity index (χ0v) is 12.0. The van der Waals surface area contributed by atoms with Crippen LogP contribution in [-0.4, -0.2) is 17.6 Å². The van der Waals surface area contributed by atoms with Crippen molar-refractivity contribution in [2.75, 3.05) is 6.54 Å². The molecule has 1 heterocycles. The van der Waals surface area contributed by atoms with E-state index in [1.165, 1.54) is 0 Å². The van der Waals surface area contributed by atoms with E-state index in [9.17, 15) is 4.79 Å². The molecule has 4 heteroatoms. The second-order valence-corrected chi connectivity index (χ2v) is 4.64. The molecule has 0 unspecified atom stereocenters. The third-order valence-electron chi connectivity index (χ3n) is 2.97. The SMILES string of the molecule is C[C@H](NC(=O)NC/C=C\c1ccccc1)c1ccccn1. The summed E-state index contributed by atoms with van der Waals surface area (Å²) in [5.74, 6) is 0. The molecule has 1 aromatic carbocycles. The predicted octanol–water partition coefficient (Wildman–Crippen LogP) is 3.16. The molecule has 4 nitrogen and oxygen atoms in total. The predicted molar refractivity (Wildman–Crippen MR) is 84.7 cm³/mol. The summed E-state index contributed by atoms with van der Waals surface area (Å²) < 4.78 is 0.